The molecule has 0 spiro atoms. The second-order valence-electron chi connectivity index (χ2n) is 4.45. The normalized spacial score (nSPS) is 10.6. The standard InChI is InChI=1S/C12H20N4O/c1-9(2)7-16(8-12(14)17)11-4-3-10(5-13)15-6-11/h3-4,6,9H,5,7-8,13H2,1-2H3,(H2,14,17). The van der Waals surface area contributed by atoms with E-state index in [0.29, 0.717) is 12.5 Å². The molecular formula is C12H20N4O. The molecule has 0 radical (unpaired) electrons. The van der Waals surface area contributed by atoms with Crippen molar-refractivity contribution in [3.63, 3.8) is 0 Å². The summed E-state index contributed by atoms with van der Waals surface area (Å²) < 4.78 is 0. The first kappa shape index (κ1) is 13.4. The quantitative estimate of drug-likeness (QED) is 0.752. The average molecular weight is 236 g/mol. The first-order valence-electron chi connectivity index (χ1n) is 5.71. The van der Waals surface area contributed by atoms with Crippen molar-refractivity contribution in [2.45, 2.75) is 20.4 Å². The molecule has 1 aromatic heterocycles. The molecule has 4 N–H and O–H groups in total. The van der Waals surface area contributed by atoms with Gasteiger partial charge in [0.1, 0.15) is 0 Å². The molecule has 0 aromatic carbocycles. The molecule has 0 saturated heterocycles. The second-order valence-corrected chi connectivity index (χ2v) is 4.45. The van der Waals surface area contributed by atoms with Gasteiger partial charge in [0.15, 0.2) is 0 Å². The van der Waals surface area contributed by atoms with E-state index in [-0.39, 0.29) is 12.5 Å². The highest BCUT2D eigenvalue weighted by molar-refractivity contribution is 5.79. The highest BCUT2D eigenvalue weighted by Gasteiger charge is 2.11. The third-order valence-corrected chi connectivity index (χ3v) is 2.32. The van der Waals surface area contributed by atoms with Crippen LogP contribution >= 0.6 is 0 Å². The Bertz CT molecular complexity index is 361. The summed E-state index contributed by atoms with van der Waals surface area (Å²) in [6.45, 7) is 5.58. The fourth-order valence-electron chi connectivity index (χ4n) is 1.61. The first-order valence-corrected chi connectivity index (χ1v) is 5.71. The van der Waals surface area contributed by atoms with Crippen molar-refractivity contribution >= 4 is 11.6 Å². The van der Waals surface area contributed by atoms with Gasteiger partial charge in [0.05, 0.1) is 24.1 Å². The minimum absolute atomic E-state index is 0.210. The number of hydrogen-bond donors (Lipinski definition) is 2. The topological polar surface area (TPSA) is 85.2 Å². The number of rotatable bonds is 6. The molecule has 17 heavy (non-hydrogen) atoms. The van der Waals surface area contributed by atoms with Crippen LogP contribution in [0.2, 0.25) is 0 Å². The van der Waals surface area contributed by atoms with Crippen LogP contribution < -0.4 is 16.4 Å². The zero-order valence-electron chi connectivity index (χ0n) is 10.4. The Morgan fingerprint density at radius 1 is 1.47 bits per heavy atom. The predicted molar refractivity (Wildman–Crippen MR) is 68.4 cm³/mol. The average Bonchev–Trinajstić information content (AvgIpc) is 2.27. The highest BCUT2D eigenvalue weighted by atomic mass is 16.1. The van der Waals surface area contributed by atoms with Crippen molar-refractivity contribution in [3.05, 3.63) is 24.0 Å². The van der Waals surface area contributed by atoms with E-state index in [0.717, 1.165) is 17.9 Å². The Morgan fingerprint density at radius 2 is 2.18 bits per heavy atom. The van der Waals surface area contributed by atoms with Gasteiger partial charge in [-0.15, -0.1) is 0 Å². The van der Waals surface area contributed by atoms with E-state index in [1.807, 2.05) is 17.0 Å². The molecule has 0 unspecified atom stereocenters. The van der Waals surface area contributed by atoms with E-state index < -0.39 is 0 Å². The molecule has 0 aliphatic rings. The van der Waals surface area contributed by atoms with Crippen LogP contribution in [0.15, 0.2) is 18.3 Å². The molecule has 5 heteroatoms. The number of primary amides is 1. The highest BCUT2D eigenvalue weighted by Crippen LogP contribution is 2.14. The Hall–Kier alpha value is -1.62. The lowest BCUT2D eigenvalue weighted by Crippen LogP contribution is -2.36. The molecule has 0 atom stereocenters. The van der Waals surface area contributed by atoms with Gasteiger partial charge in [0.25, 0.3) is 0 Å². The summed E-state index contributed by atoms with van der Waals surface area (Å²) >= 11 is 0. The van der Waals surface area contributed by atoms with Crippen molar-refractivity contribution in [2.24, 2.45) is 17.4 Å². The zero-order valence-corrected chi connectivity index (χ0v) is 10.4. The summed E-state index contributed by atoms with van der Waals surface area (Å²) in [7, 11) is 0. The van der Waals surface area contributed by atoms with Crippen LogP contribution in [0.4, 0.5) is 5.69 Å². The van der Waals surface area contributed by atoms with Gasteiger partial charge in [-0.05, 0) is 18.1 Å². The lowest BCUT2D eigenvalue weighted by molar-refractivity contribution is -0.116. The molecule has 0 saturated carbocycles. The summed E-state index contributed by atoms with van der Waals surface area (Å²) in [6.07, 6.45) is 1.73. The van der Waals surface area contributed by atoms with Crippen LogP contribution in [0.1, 0.15) is 19.5 Å². The van der Waals surface area contributed by atoms with Crippen molar-refractivity contribution in [1.29, 1.82) is 0 Å². The van der Waals surface area contributed by atoms with Gasteiger partial charge in [0, 0.05) is 13.1 Å². The molecule has 94 valence electrons. The van der Waals surface area contributed by atoms with Crippen LogP contribution in [0.3, 0.4) is 0 Å². The van der Waals surface area contributed by atoms with Gasteiger partial charge >= 0.3 is 0 Å². The summed E-state index contributed by atoms with van der Waals surface area (Å²) in [5.41, 5.74) is 12.5. The molecule has 0 aliphatic carbocycles. The number of nitrogens with two attached hydrogens (primary N) is 2. The van der Waals surface area contributed by atoms with E-state index in [4.69, 9.17) is 11.5 Å². The molecule has 0 fully saturated rings. The fourth-order valence-corrected chi connectivity index (χ4v) is 1.61. The first-order chi connectivity index (χ1) is 8.02. The maximum atomic E-state index is 11.0. The molecule has 0 bridgehead atoms. The summed E-state index contributed by atoms with van der Waals surface area (Å²) in [5.74, 6) is 0.108. The van der Waals surface area contributed by atoms with E-state index in [1.165, 1.54) is 0 Å². The van der Waals surface area contributed by atoms with Crippen LogP contribution in [0, 0.1) is 5.92 Å². The number of aromatic nitrogens is 1. The minimum atomic E-state index is -0.339. The van der Waals surface area contributed by atoms with E-state index >= 15 is 0 Å². The number of carbonyl (C=O) groups excluding carboxylic acids is 1. The largest absolute Gasteiger partial charge is 0.368 e. The Morgan fingerprint density at radius 3 is 2.59 bits per heavy atom. The maximum Gasteiger partial charge on any atom is 0.236 e. The van der Waals surface area contributed by atoms with Gasteiger partial charge in [-0.25, -0.2) is 0 Å². The van der Waals surface area contributed by atoms with Crippen molar-refractivity contribution < 1.29 is 4.79 Å². The van der Waals surface area contributed by atoms with Crippen molar-refractivity contribution in [2.75, 3.05) is 18.0 Å². The van der Waals surface area contributed by atoms with Crippen LogP contribution in [0.5, 0.6) is 0 Å². The fraction of sp³-hybridized carbons (Fsp3) is 0.500. The number of pyridine rings is 1. The third kappa shape index (κ3) is 4.40. The Labute approximate surface area is 102 Å². The van der Waals surface area contributed by atoms with Crippen molar-refractivity contribution in [1.82, 2.24) is 4.98 Å². The van der Waals surface area contributed by atoms with E-state index in [1.54, 1.807) is 6.20 Å². The lowest BCUT2D eigenvalue weighted by atomic mass is 10.2. The van der Waals surface area contributed by atoms with Crippen molar-refractivity contribution in [3.8, 4) is 0 Å². The Kier molecular flexibility index (Phi) is 4.90. The van der Waals surface area contributed by atoms with E-state index in [9.17, 15) is 4.79 Å². The molecule has 5 nitrogen and oxygen atoms in total. The maximum absolute atomic E-state index is 11.0. The number of carbonyl (C=O) groups is 1. The summed E-state index contributed by atoms with van der Waals surface area (Å²) in [5, 5.41) is 0. The van der Waals surface area contributed by atoms with Gasteiger partial charge < -0.3 is 16.4 Å². The molecule has 0 aliphatic heterocycles. The third-order valence-electron chi connectivity index (χ3n) is 2.32. The van der Waals surface area contributed by atoms with Crippen LogP contribution in [0.25, 0.3) is 0 Å². The van der Waals surface area contributed by atoms with Gasteiger partial charge in [-0.1, -0.05) is 13.8 Å². The van der Waals surface area contributed by atoms with E-state index in [2.05, 4.69) is 18.8 Å². The predicted octanol–water partition coefficient (Wildman–Crippen LogP) is 0.488. The SMILES string of the molecule is CC(C)CN(CC(N)=O)c1ccc(CN)nc1. The molecule has 1 rings (SSSR count). The molecule has 1 amide bonds. The molecule has 1 aromatic rings. The summed E-state index contributed by atoms with van der Waals surface area (Å²) in [4.78, 5) is 17.2. The van der Waals surface area contributed by atoms with Gasteiger partial charge in [0.2, 0.25) is 5.91 Å². The van der Waals surface area contributed by atoms with Gasteiger partial charge in [-0.2, -0.15) is 0 Å². The van der Waals surface area contributed by atoms with Crippen LogP contribution in [-0.4, -0.2) is 24.0 Å². The van der Waals surface area contributed by atoms with Gasteiger partial charge in [-0.3, -0.25) is 9.78 Å². The number of anilines is 1. The number of hydrogen-bond acceptors (Lipinski definition) is 4. The summed E-state index contributed by atoms with van der Waals surface area (Å²) in [6, 6.07) is 3.78. The zero-order chi connectivity index (χ0) is 12.8. The van der Waals surface area contributed by atoms with Crippen LogP contribution in [-0.2, 0) is 11.3 Å². The molecule has 1 heterocycles. The second kappa shape index (κ2) is 6.20. The Balaban J connectivity index is 2.83. The number of nitrogens with zero attached hydrogens (tertiary/aromatic N) is 2. The molecular weight excluding hydrogens is 216 g/mol. The number of amides is 1. The lowest BCUT2D eigenvalue weighted by Gasteiger charge is -2.25. The monoisotopic (exact) mass is 236 g/mol. The smallest absolute Gasteiger partial charge is 0.236 e. The minimum Gasteiger partial charge on any atom is -0.368 e.